The molecule has 2 atom stereocenters. The highest BCUT2D eigenvalue weighted by atomic mass is 16.4. The summed E-state index contributed by atoms with van der Waals surface area (Å²) in [5, 5.41) is 17.8. The van der Waals surface area contributed by atoms with Gasteiger partial charge in [-0.25, -0.2) is 4.79 Å². The van der Waals surface area contributed by atoms with Gasteiger partial charge < -0.3 is 21.1 Å². The van der Waals surface area contributed by atoms with Crippen LogP contribution in [0.25, 0.3) is 0 Å². The molecule has 8 heteroatoms. The predicted octanol–water partition coefficient (Wildman–Crippen LogP) is 3.19. The molecule has 186 valence electrons. The van der Waals surface area contributed by atoms with Gasteiger partial charge in [0.1, 0.15) is 12.1 Å². The SMILES string of the molecule is CCC(=O)Nc1ccc(C[C@H](NC(=O)[C@H](Cc2ccccc2)NC(=O)c2ccccc2)C(=O)O)cc1. The number of amides is 3. The third kappa shape index (κ3) is 7.80. The number of carboxylic acids is 1. The van der Waals surface area contributed by atoms with E-state index < -0.39 is 29.9 Å². The zero-order chi connectivity index (χ0) is 25.9. The van der Waals surface area contributed by atoms with Gasteiger partial charge in [0.05, 0.1) is 0 Å². The van der Waals surface area contributed by atoms with Crippen molar-refractivity contribution < 1.29 is 24.3 Å². The molecule has 0 aliphatic carbocycles. The van der Waals surface area contributed by atoms with Crippen molar-refractivity contribution in [1.82, 2.24) is 10.6 Å². The molecule has 3 aromatic rings. The average molecular weight is 488 g/mol. The second-order valence-electron chi connectivity index (χ2n) is 8.28. The molecule has 0 aliphatic heterocycles. The second kappa shape index (κ2) is 12.9. The number of anilines is 1. The fourth-order valence-electron chi connectivity index (χ4n) is 3.57. The van der Waals surface area contributed by atoms with Crippen LogP contribution in [0.4, 0.5) is 5.69 Å². The molecule has 0 aliphatic rings. The van der Waals surface area contributed by atoms with Crippen molar-refractivity contribution in [2.24, 2.45) is 0 Å². The predicted molar refractivity (Wildman–Crippen MR) is 136 cm³/mol. The average Bonchev–Trinajstić information content (AvgIpc) is 2.89. The first-order chi connectivity index (χ1) is 17.4. The van der Waals surface area contributed by atoms with Crippen LogP contribution >= 0.6 is 0 Å². The Balaban J connectivity index is 1.73. The highest BCUT2D eigenvalue weighted by Crippen LogP contribution is 2.13. The zero-order valence-electron chi connectivity index (χ0n) is 19.9. The Morgan fingerprint density at radius 1 is 0.722 bits per heavy atom. The molecule has 0 radical (unpaired) electrons. The van der Waals surface area contributed by atoms with Crippen molar-refractivity contribution in [3.05, 3.63) is 102 Å². The van der Waals surface area contributed by atoms with E-state index in [0.29, 0.717) is 23.2 Å². The Morgan fingerprint density at radius 2 is 1.28 bits per heavy atom. The van der Waals surface area contributed by atoms with Gasteiger partial charge in [0, 0.05) is 30.5 Å². The summed E-state index contributed by atoms with van der Waals surface area (Å²) in [4.78, 5) is 49.5. The molecule has 3 amide bonds. The third-order valence-corrected chi connectivity index (χ3v) is 5.55. The van der Waals surface area contributed by atoms with Gasteiger partial charge in [-0.2, -0.15) is 0 Å². The lowest BCUT2D eigenvalue weighted by Crippen LogP contribution is -2.53. The number of hydrogen-bond acceptors (Lipinski definition) is 4. The van der Waals surface area contributed by atoms with Crippen molar-refractivity contribution in [1.29, 1.82) is 0 Å². The maximum absolute atomic E-state index is 13.2. The molecule has 3 aromatic carbocycles. The van der Waals surface area contributed by atoms with Crippen LogP contribution in [0.5, 0.6) is 0 Å². The first kappa shape index (κ1) is 26.2. The third-order valence-electron chi connectivity index (χ3n) is 5.55. The van der Waals surface area contributed by atoms with E-state index in [0.717, 1.165) is 5.56 Å². The van der Waals surface area contributed by atoms with Gasteiger partial charge in [-0.1, -0.05) is 67.6 Å². The normalized spacial score (nSPS) is 12.1. The largest absolute Gasteiger partial charge is 0.480 e. The lowest BCUT2D eigenvalue weighted by atomic mass is 10.0. The minimum Gasteiger partial charge on any atom is -0.480 e. The maximum Gasteiger partial charge on any atom is 0.326 e. The van der Waals surface area contributed by atoms with Crippen molar-refractivity contribution in [3.63, 3.8) is 0 Å². The molecule has 0 heterocycles. The van der Waals surface area contributed by atoms with Gasteiger partial charge in [0.15, 0.2) is 0 Å². The van der Waals surface area contributed by atoms with Gasteiger partial charge in [-0.15, -0.1) is 0 Å². The van der Waals surface area contributed by atoms with Crippen LogP contribution in [0.2, 0.25) is 0 Å². The van der Waals surface area contributed by atoms with Gasteiger partial charge >= 0.3 is 5.97 Å². The Kier molecular flexibility index (Phi) is 9.33. The molecule has 0 aromatic heterocycles. The van der Waals surface area contributed by atoms with Crippen LogP contribution < -0.4 is 16.0 Å². The van der Waals surface area contributed by atoms with Crippen LogP contribution in [-0.4, -0.2) is 40.9 Å². The monoisotopic (exact) mass is 487 g/mol. The molecule has 36 heavy (non-hydrogen) atoms. The van der Waals surface area contributed by atoms with Gasteiger partial charge in [-0.05, 0) is 35.4 Å². The summed E-state index contributed by atoms with van der Waals surface area (Å²) in [5.41, 5.74) is 2.49. The summed E-state index contributed by atoms with van der Waals surface area (Å²) < 4.78 is 0. The lowest BCUT2D eigenvalue weighted by Gasteiger charge is -2.22. The summed E-state index contributed by atoms with van der Waals surface area (Å²) in [6.45, 7) is 1.75. The molecule has 0 fully saturated rings. The van der Waals surface area contributed by atoms with Crippen molar-refractivity contribution in [2.45, 2.75) is 38.3 Å². The number of carbonyl (C=O) groups excluding carboxylic acids is 3. The number of nitrogens with one attached hydrogen (secondary N) is 3. The minimum atomic E-state index is -1.21. The van der Waals surface area contributed by atoms with E-state index in [1.54, 1.807) is 61.5 Å². The molecular weight excluding hydrogens is 458 g/mol. The van der Waals surface area contributed by atoms with Gasteiger partial charge in [0.2, 0.25) is 11.8 Å². The Labute approximate surface area is 209 Å². The van der Waals surface area contributed by atoms with Crippen molar-refractivity contribution in [3.8, 4) is 0 Å². The smallest absolute Gasteiger partial charge is 0.326 e. The van der Waals surface area contributed by atoms with Crippen molar-refractivity contribution in [2.75, 3.05) is 5.32 Å². The van der Waals surface area contributed by atoms with E-state index in [2.05, 4.69) is 16.0 Å². The van der Waals surface area contributed by atoms with Gasteiger partial charge in [0.25, 0.3) is 5.91 Å². The van der Waals surface area contributed by atoms with E-state index >= 15 is 0 Å². The summed E-state index contributed by atoms with van der Waals surface area (Å²) in [6, 6.07) is 22.3. The summed E-state index contributed by atoms with van der Waals surface area (Å²) >= 11 is 0. The maximum atomic E-state index is 13.2. The lowest BCUT2D eigenvalue weighted by molar-refractivity contribution is -0.142. The first-order valence-electron chi connectivity index (χ1n) is 11.7. The van der Waals surface area contributed by atoms with E-state index in [-0.39, 0.29) is 18.7 Å². The number of benzene rings is 3. The van der Waals surface area contributed by atoms with E-state index in [1.807, 2.05) is 30.3 Å². The number of rotatable bonds is 11. The highest BCUT2D eigenvalue weighted by molar-refractivity contribution is 5.98. The first-order valence-corrected chi connectivity index (χ1v) is 11.7. The van der Waals surface area contributed by atoms with Crippen LogP contribution in [-0.2, 0) is 27.2 Å². The van der Waals surface area contributed by atoms with E-state index in [9.17, 15) is 24.3 Å². The fraction of sp³-hybridized carbons (Fsp3) is 0.214. The Morgan fingerprint density at radius 3 is 1.86 bits per heavy atom. The molecular formula is C28H29N3O5. The van der Waals surface area contributed by atoms with E-state index in [4.69, 9.17) is 0 Å². The highest BCUT2D eigenvalue weighted by Gasteiger charge is 2.27. The molecule has 0 saturated heterocycles. The van der Waals surface area contributed by atoms with Crippen LogP contribution in [0.15, 0.2) is 84.9 Å². The molecule has 4 N–H and O–H groups in total. The molecule has 8 nitrogen and oxygen atoms in total. The molecule has 0 unspecified atom stereocenters. The van der Waals surface area contributed by atoms with Crippen LogP contribution in [0.1, 0.15) is 34.8 Å². The second-order valence-corrected chi connectivity index (χ2v) is 8.28. The quantitative estimate of drug-likeness (QED) is 0.331. The van der Waals surface area contributed by atoms with Gasteiger partial charge in [-0.3, -0.25) is 14.4 Å². The number of hydrogen-bond donors (Lipinski definition) is 4. The number of carboxylic acid groups (broad SMARTS) is 1. The van der Waals surface area contributed by atoms with Crippen LogP contribution in [0.3, 0.4) is 0 Å². The molecule has 0 spiro atoms. The van der Waals surface area contributed by atoms with Crippen LogP contribution in [0, 0.1) is 0 Å². The summed E-state index contributed by atoms with van der Waals surface area (Å²) in [5.74, 6) is -2.34. The minimum absolute atomic E-state index is 0.0355. The number of aliphatic carboxylic acids is 1. The Bertz CT molecular complexity index is 1180. The van der Waals surface area contributed by atoms with E-state index in [1.165, 1.54) is 0 Å². The standard InChI is InChI=1S/C28H29N3O5/c1-2-25(32)29-22-15-13-20(14-16-22)18-24(28(35)36)31-27(34)23(17-19-9-5-3-6-10-19)30-26(33)21-11-7-4-8-12-21/h3-16,23-24H,2,17-18H2,1H3,(H,29,32)(H,30,33)(H,31,34)(H,35,36)/t23-,24-/m0/s1. The zero-order valence-corrected chi connectivity index (χ0v) is 19.9. The number of carbonyl (C=O) groups is 4. The Hall–Kier alpha value is -4.46. The summed E-state index contributed by atoms with van der Waals surface area (Å²) in [7, 11) is 0. The molecule has 0 bridgehead atoms. The summed E-state index contributed by atoms with van der Waals surface area (Å²) in [6.07, 6.45) is 0.580. The topological polar surface area (TPSA) is 125 Å². The molecule has 3 rings (SSSR count). The molecule has 0 saturated carbocycles. The van der Waals surface area contributed by atoms with Crippen molar-refractivity contribution >= 4 is 29.4 Å². The fourth-order valence-corrected chi connectivity index (χ4v) is 3.57.